The van der Waals surface area contributed by atoms with Crippen LogP contribution in [-0.2, 0) is 4.79 Å². The molecular formula is C22H24N4O3. The number of amides is 2. The molecule has 2 N–H and O–H groups in total. The Kier molecular flexibility index (Phi) is 5.97. The lowest BCUT2D eigenvalue weighted by Crippen LogP contribution is -2.17. The van der Waals surface area contributed by atoms with Crippen LogP contribution in [0.3, 0.4) is 0 Å². The Hall–Kier alpha value is -3.61. The zero-order valence-electron chi connectivity index (χ0n) is 16.9. The van der Waals surface area contributed by atoms with E-state index in [-0.39, 0.29) is 17.7 Å². The Morgan fingerprint density at radius 3 is 2.45 bits per heavy atom. The molecule has 3 rings (SSSR count). The van der Waals surface area contributed by atoms with Gasteiger partial charge < -0.3 is 19.9 Å². The van der Waals surface area contributed by atoms with Gasteiger partial charge in [0.25, 0.3) is 5.91 Å². The maximum Gasteiger partial charge on any atom is 0.255 e. The van der Waals surface area contributed by atoms with Crippen molar-refractivity contribution < 1.29 is 14.3 Å². The van der Waals surface area contributed by atoms with Crippen molar-refractivity contribution in [2.24, 2.45) is 5.92 Å². The number of benzene rings is 2. The summed E-state index contributed by atoms with van der Waals surface area (Å²) in [6, 6.07) is 12.7. The summed E-state index contributed by atoms with van der Waals surface area (Å²) < 4.78 is 7.08. The Balaban J connectivity index is 1.72. The van der Waals surface area contributed by atoms with E-state index >= 15 is 0 Å². The number of ether oxygens (including phenoxy) is 1. The van der Waals surface area contributed by atoms with E-state index in [9.17, 15) is 9.59 Å². The van der Waals surface area contributed by atoms with Crippen LogP contribution in [0.4, 0.5) is 11.5 Å². The van der Waals surface area contributed by atoms with Gasteiger partial charge >= 0.3 is 0 Å². The standard InChI is InChI=1S/C22H24N4O3/c1-14(2)21(27)25-20-12-26(13-23-20)17-8-6-16(7-9-17)22(28)24-18-11-15(3)5-10-19(18)29-4/h5-14H,1-4H3,(H,24,28)(H,25,27). The topological polar surface area (TPSA) is 85.2 Å². The predicted molar refractivity (Wildman–Crippen MR) is 113 cm³/mol. The van der Waals surface area contributed by atoms with Crippen molar-refractivity contribution in [3.05, 3.63) is 66.1 Å². The average Bonchev–Trinajstić information content (AvgIpc) is 3.16. The van der Waals surface area contributed by atoms with Gasteiger partial charge in [0.15, 0.2) is 5.82 Å². The Labute approximate surface area is 169 Å². The van der Waals surface area contributed by atoms with Crippen LogP contribution in [0.5, 0.6) is 5.75 Å². The highest BCUT2D eigenvalue weighted by Crippen LogP contribution is 2.26. The van der Waals surface area contributed by atoms with E-state index in [2.05, 4.69) is 15.6 Å². The summed E-state index contributed by atoms with van der Waals surface area (Å²) in [6.45, 7) is 5.59. The van der Waals surface area contributed by atoms with Crippen LogP contribution < -0.4 is 15.4 Å². The van der Waals surface area contributed by atoms with Gasteiger partial charge in [0.05, 0.1) is 19.0 Å². The van der Waals surface area contributed by atoms with Gasteiger partial charge in [0.1, 0.15) is 12.1 Å². The summed E-state index contributed by atoms with van der Waals surface area (Å²) in [4.78, 5) is 28.6. The van der Waals surface area contributed by atoms with Crippen LogP contribution in [0.2, 0.25) is 0 Å². The van der Waals surface area contributed by atoms with Crippen molar-refractivity contribution >= 4 is 23.3 Å². The van der Waals surface area contributed by atoms with Gasteiger partial charge in [-0.05, 0) is 48.9 Å². The lowest BCUT2D eigenvalue weighted by atomic mass is 10.1. The minimum Gasteiger partial charge on any atom is -0.495 e. The summed E-state index contributed by atoms with van der Waals surface area (Å²) in [5.41, 5.74) is 3.00. The molecule has 0 aliphatic carbocycles. The SMILES string of the molecule is COc1ccc(C)cc1NC(=O)c1ccc(-n2cnc(NC(=O)C(C)C)c2)cc1. The molecule has 0 saturated carbocycles. The first kappa shape index (κ1) is 20.1. The molecule has 0 fully saturated rings. The van der Waals surface area contributed by atoms with Crippen LogP contribution in [0.25, 0.3) is 5.69 Å². The number of carbonyl (C=O) groups is 2. The molecule has 0 aliphatic rings. The van der Waals surface area contributed by atoms with Crippen molar-refractivity contribution in [3.63, 3.8) is 0 Å². The molecule has 0 radical (unpaired) electrons. The zero-order chi connectivity index (χ0) is 21.0. The molecule has 1 aromatic heterocycles. The lowest BCUT2D eigenvalue weighted by Gasteiger charge is -2.11. The number of aryl methyl sites for hydroxylation is 1. The van der Waals surface area contributed by atoms with Gasteiger partial charge in [0, 0.05) is 17.2 Å². The summed E-state index contributed by atoms with van der Waals surface area (Å²) in [5.74, 6) is 0.654. The number of aromatic nitrogens is 2. The molecule has 0 spiro atoms. The molecule has 150 valence electrons. The lowest BCUT2D eigenvalue weighted by molar-refractivity contribution is -0.118. The molecule has 0 aliphatic heterocycles. The van der Waals surface area contributed by atoms with Crippen molar-refractivity contribution in [1.29, 1.82) is 0 Å². The zero-order valence-corrected chi connectivity index (χ0v) is 16.9. The minimum absolute atomic E-state index is 0.0890. The van der Waals surface area contributed by atoms with E-state index in [1.807, 2.05) is 51.1 Å². The number of hydrogen-bond donors (Lipinski definition) is 2. The van der Waals surface area contributed by atoms with E-state index in [1.54, 1.807) is 36.3 Å². The summed E-state index contributed by atoms with van der Waals surface area (Å²) >= 11 is 0. The fourth-order valence-electron chi connectivity index (χ4n) is 2.70. The average molecular weight is 392 g/mol. The highest BCUT2D eigenvalue weighted by atomic mass is 16.5. The smallest absolute Gasteiger partial charge is 0.255 e. The molecule has 0 atom stereocenters. The van der Waals surface area contributed by atoms with Gasteiger partial charge in [-0.3, -0.25) is 9.59 Å². The largest absolute Gasteiger partial charge is 0.495 e. The third-order valence-corrected chi connectivity index (χ3v) is 4.39. The number of methoxy groups -OCH3 is 1. The third-order valence-electron chi connectivity index (χ3n) is 4.39. The van der Waals surface area contributed by atoms with E-state index in [0.717, 1.165) is 11.3 Å². The monoisotopic (exact) mass is 392 g/mol. The van der Waals surface area contributed by atoms with Crippen molar-refractivity contribution in [2.75, 3.05) is 17.7 Å². The molecule has 2 aromatic carbocycles. The Bertz CT molecular complexity index is 1020. The van der Waals surface area contributed by atoms with Crippen molar-refractivity contribution in [1.82, 2.24) is 9.55 Å². The van der Waals surface area contributed by atoms with Gasteiger partial charge in [0.2, 0.25) is 5.91 Å². The van der Waals surface area contributed by atoms with Gasteiger partial charge in [-0.1, -0.05) is 19.9 Å². The molecule has 7 nitrogen and oxygen atoms in total. The van der Waals surface area contributed by atoms with Crippen LogP contribution >= 0.6 is 0 Å². The molecule has 2 amide bonds. The minimum atomic E-state index is -0.226. The number of rotatable bonds is 6. The van der Waals surface area contributed by atoms with E-state index < -0.39 is 0 Å². The normalized spacial score (nSPS) is 10.7. The number of nitrogens with one attached hydrogen (secondary N) is 2. The third kappa shape index (κ3) is 4.82. The second-order valence-corrected chi connectivity index (χ2v) is 7.01. The number of carbonyl (C=O) groups excluding carboxylic acids is 2. The van der Waals surface area contributed by atoms with E-state index in [0.29, 0.717) is 22.8 Å². The fourth-order valence-corrected chi connectivity index (χ4v) is 2.70. The summed E-state index contributed by atoms with van der Waals surface area (Å²) in [5, 5.41) is 5.64. The predicted octanol–water partition coefficient (Wildman–Crippen LogP) is 4.04. The maximum atomic E-state index is 12.6. The van der Waals surface area contributed by atoms with E-state index in [4.69, 9.17) is 4.74 Å². The summed E-state index contributed by atoms with van der Waals surface area (Å²) in [6.07, 6.45) is 3.34. The molecule has 0 saturated heterocycles. The first-order chi connectivity index (χ1) is 13.9. The molecule has 1 heterocycles. The van der Waals surface area contributed by atoms with Gasteiger partial charge in [-0.2, -0.15) is 0 Å². The molecule has 0 bridgehead atoms. The molecule has 3 aromatic rings. The van der Waals surface area contributed by atoms with E-state index in [1.165, 1.54) is 0 Å². The highest BCUT2D eigenvalue weighted by molar-refractivity contribution is 6.05. The van der Waals surface area contributed by atoms with Crippen LogP contribution in [0.15, 0.2) is 55.0 Å². The summed E-state index contributed by atoms with van der Waals surface area (Å²) in [7, 11) is 1.57. The van der Waals surface area contributed by atoms with Crippen LogP contribution in [0, 0.1) is 12.8 Å². The quantitative estimate of drug-likeness (QED) is 0.663. The molecular weight excluding hydrogens is 368 g/mol. The Morgan fingerprint density at radius 1 is 1.07 bits per heavy atom. The molecule has 29 heavy (non-hydrogen) atoms. The first-order valence-corrected chi connectivity index (χ1v) is 9.28. The fraction of sp³-hybridized carbons (Fsp3) is 0.227. The second-order valence-electron chi connectivity index (χ2n) is 7.01. The molecule has 7 heteroatoms. The number of anilines is 2. The van der Waals surface area contributed by atoms with Crippen LogP contribution in [0.1, 0.15) is 29.8 Å². The maximum absolute atomic E-state index is 12.6. The van der Waals surface area contributed by atoms with Crippen molar-refractivity contribution in [3.8, 4) is 11.4 Å². The number of imidazole rings is 1. The van der Waals surface area contributed by atoms with Gasteiger partial charge in [-0.15, -0.1) is 0 Å². The van der Waals surface area contributed by atoms with Crippen LogP contribution in [-0.4, -0.2) is 28.5 Å². The number of hydrogen-bond acceptors (Lipinski definition) is 4. The van der Waals surface area contributed by atoms with Gasteiger partial charge in [-0.25, -0.2) is 4.98 Å². The highest BCUT2D eigenvalue weighted by Gasteiger charge is 2.12. The first-order valence-electron chi connectivity index (χ1n) is 9.28. The van der Waals surface area contributed by atoms with Crippen molar-refractivity contribution in [2.45, 2.75) is 20.8 Å². The number of nitrogens with zero attached hydrogens (tertiary/aromatic N) is 2. The molecule has 0 unspecified atom stereocenters. The Morgan fingerprint density at radius 2 is 1.79 bits per heavy atom. The second kappa shape index (κ2) is 8.60.